The summed E-state index contributed by atoms with van der Waals surface area (Å²) in [5.41, 5.74) is 0.260. The highest BCUT2D eigenvalue weighted by molar-refractivity contribution is 6.31. The molecule has 2 aromatic carbocycles. The fraction of sp³-hybridized carbons (Fsp3) is 0.250. The summed E-state index contributed by atoms with van der Waals surface area (Å²) in [4.78, 5) is 71.3. The maximum atomic E-state index is 13.0. The molecule has 2 aromatic rings. The number of hydrogen-bond acceptors (Lipinski definition) is 12. The molecule has 0 amide bonds. The van der Waals surface area contributed by atoms with E-state index in [2.05, 4.69) is 9.47 Å². The summed E-state index contributed by atoms with van der Waals surface area (Å²) in [5, 5.41) is 39.0. The van der Waals surface area contributed by atoms with E-state index in [1.54, 1.807) is 0 Å². The molecular formula is C24H22N2O12. The Bertz CT molecular complexity index is 1230. The Morgan fingerprint density at radius 3 is 1.47 bits per heavy atom. The first kappa shape index (κ1) is 27.4. The highest BCUT2D eigenvalue weighted by Gasteiger charge is 2.52. The molecular weight excluding hydrogens is 508 g/mol. The van der Waals surface area contributed by atoms with Crippen molar-refractivity contribution in [3.63, 3.8) is 0 Å². The van der Waals surface area contributed by atoms with Crippen molar-refractivity contribution >= 4 is 47.8 Å². The zero-order valence-electron chi connectivity index (χ0n) is 19.6. The van der Waals surface area contributed by atoms with Crippen LogP contribution in [0.1, 0.15) is 23.0 Å². The maximum Gasteiger partial charge on any atom is 0.323 e. The lowest BCUT2D eigenvalue weighted by atomic mass is 9.65. The molecule has 3 rings (SSSR count). The van der Waals surface area contributed by atoms with Crippen LogP contribution in [0.25, 0.3) is 0 Å². The van der Waals surface area contributed by atoms with E-state index in [9.17, 15) is 39.0 Å². The highest BCUT2D eigenvalue weighted by atomic mass is 16.6. The van der Waals surface area contributed by atoms with Crippen LogP contribution in [0, 0.1) is 0 Å². The molecule has 1 aliphatic rings. The van der Waals surface area contributed by atoms with Crippen LogP contribution in [0.15, 0.2) is 36.4 Å². The number of aromatic hydroxyl groups is 2. The number of benzene rings is 2. The van der Waals surface area contributed by atoms with Gasteiger partial charge in [0.1, 0.15) is 36.4 Å². The molecule has 0 unspecified atom stereocenters. The SMILES string of the molecule is O=COCN(COC=O)c1ccc(C2C(=O)C(c3ccc(N(CC(=O)O)CC(=O)O)cc3O)C2=O)c(O)c1. The molecule has 1 fully saturated rings. The molecule has 0 aromatic heterocycles. The van der Waals surface area contributed by atoms with E-state index < -0.39 is 59.9 Å². The Hall–Kier alpha value is -5.14. The van der Waals surface area contributed by atoms with Gasteiger partial charge in [0, 0.05) is 34.6 Å². The lowest BCUT2D eigenvalue weighted by molar-refractivity contribution is -0.143. The molecule has 0 heterocycles. The Balaban J connectivity index is 1.81. The number of ketones is 2. The first-order valence-corrected chi connectivity index (χ1v) is 10.9. The molecule has 38 heavy (non-hydrogen) atoms. The summed E-state index contributed by atoms with van der Waals surface area (Å²) in [5.74, 6) is -7.43. The predicted molar refractivity (Wildman–Crippen MR) is 126 cm³/mol. The molecule has 200 valence electrons. The second-order valence-electron chi connectivity index (χ2n) is 8.12. The van der Waals surface area contributed by atoms with E-state index >= 15 is 0 Å². The summed E-state index contributed by atoms with van der Waals surface area (Å²) < 4.78 is 9.28. The smallest absolute Gasteiger partial charge is 0.323 e. The van der Waals surface area contributed by atoms with Gasteiger partial charge in [-0.15, -0.1) is 0 Å². The number of rotatable bonds is 14. The minimum absolute atomic E-state index is 0.00207. The minimum atomic E-state index is -1.35. The van der Waals surface area contributed by atoms with Gasteiger partial charge in [0.25, 0.3) is 12.9 Å². The first-order valence-electron chi connectivity index (χ1n) is 10.9. The van der Waals surface area contributed by atoms with Crippen molar-refractivity contribution in [3.05, 3.63) is 47.5 Å². The summed E-state index contributed by atoms with van der Waals surface area (Å²) >= 11 is 0. The van der Waals surface area contributed by atoms with Crippen LogP contribution >= 0.6 is 0 Å². The predicted octanol–water partition coefficient (Wildman–Crippen LogP) is 0.160. The number of phenolic OH excluding ortho intramolecular Hbond substituents is 2. The average molecular weight is 530 g/mol. The Labute approximate surface area is 214 Å². The van der Waals surface area contributed by atoms with Crippen LogP contribution in [0.4, 0.5) is 11.4 Å². The number of hydrogen-bond donors (Lipinski definition) is 4. The van der Waals surface area contributed by atoms with Crippen LogP contribution in [-0.2, 0) is 38.2 Å². The van der Waals surface area contributed by atoms with Crippen molar-refractivity contribution in [2.24, 2.45) is 0 Å². The molecule has 14 heteroatoms. The summed E-state index contributed by atoms with van der Waals surface area (Å²) in [6, 6.07) is 7.51. The van der Waals surface area contributed by atoms with Crippen LogP contribution < -0.4 is 9.80 Å². The van der Waals surface area contributed by atoms with E-state index in [4.69, 9.17) is 10.2 Å². The van der Waals surface area contributed by atoms with Gasteiger partial charge in [-0.3, -0.25) is 28.8 Å². The molecule has 1 saturated carbocycles. The summed E-state index contributed by atoms with van der Waals surface area (Å²) in [6.45, 7) is -1.61. The van der Waals surface area contributed by atoms with E-state index in [-0.39, 0.29) is 48.9 Å². The Kier molecular flexibility index (Phi) is 8.47. The number of carboxylic acids is 2. The highest BCUT2D eigenvalue weighted by Crippen LogP contribution is 2.46. The normalized spacial score (nSPS) is 16.2. The van der Waals surface area contributed by atoms with E-state index in [0.29, 0.717) is 0 Å². The van der Waals surface area contributed by atoms with E-state index in [1.807, 2.05) is 0 Å². The van der Waals surface area contributed by atoms with E-state index in [1.165, 1.54) is 35.2 Å². The van der Waals surface area contributed by atoms with Gasteiger partial charge >= 0.3 is 11.9 Å². The fourth-order valence-corrected chi connectivity index (χ4v) is 4.07. The minimum Gasteiger partial charge on any atom is -0.508 e. The molecule has 0 saturated heterocycles. The first-order chi connectivity index (χ1) is 18.1. The Morgan fingerprint density at radius 2 is 1.13 bits per heavy atom. The number of phenols is 2. The van der Waals surface area contributed by atoms with Crippen molar-refractivity contribution in [2.75, 3.05) is 36.4 Å². The van der Waals surface area contributed by atoms with Crippen LogP contribution in [0.3, 0.4) is 0 Å². The van der Waals surface area contributed by atoms with Crippen molar-refractivity contribution in [1.82, 2.24) is 0 Å². The van der Waals surface area contributed by atoms with Gasteiger partial charge in [-0.1, -0.05) is 12.1 Å². The summed E-state index contributed by atoms with van der Waals surface area (Å²) in [6.07, 6.45) is 0. The lowest BCUT2D eigenvalue weighted by Gasteiger charge is -2.33. The number of carbonyl (C=O) groups is 6. The van der Waals surface area contributed by atoms with Crippen LogP contribution in [0.5, 0.6) is 11.5 Å². The molecule has 0 atom stereocenters. The number of nitrogens with zero attached hydrogens (tertiary/aromatic N) is 2. The number of carboxylic acid groups (broad SMARTS) is 2. The summed E-state index contributed by atoms with van der Waals surface area (Å²) in [7, 11) is 0. The lowest BCUT2D eigenvalue weighted by Crippen LogP contribution is -2.44. The van der Waals surface area contributed by atoms with Gasteiger partial charge in [-0.05, 0) is 12.1 Å². The monoisotopic (exact) mass is 530 g/mol. The Morgan fingerprint density at radius 1 is 0.737 bits per heavy atom. The molecule has 0 bridgehead atoms. The van der Waals surface area contributed by atoms with Crippen LogP contribution in [0.2, 0.25) is 0 Å². The fourth-order valence-electron chi connectivity index (χ4n) is 4.07. The topological polar surface area (TPSA) is 208 Å². The third kappa shape index (κ3) is 5.80. The number of aliphatic carboxylic acids is 2. The van der Waals surface area contributed by atoms with Crippen LogP contribution in [-0.4, -0.2) is 83.4 Å². The third-order valence-corrected chi connectivity index (χ3v) is 5.77. The second-order valence-corrected chi connectivity index (χ2v) is 8.12. The van der Waals surface area contributed by atoms with Crippen molar-refractivity contribution in [2.45, 2.75) is 11.8 Å². The molecule has 0 aliphatic heterocycles. The molecule has 4 N–H and O–H groups in total. The van der Waals surface area contributed by atoms with Gasteiger partial charge in [-0.2, -0.15) is 0 Å². The molecule has 0 radical (unpaired) electrons. The zero-order valence-corrected chi connectivity index (χ0v) is 19.6. The standard InChI is InChI=1S/C24H22N2O12/c27-11-37-9-26(10-38-12-28)14-2-4-16(18(30)6-14)22-23(35)21(24(22)36)15-3-1-13(5-17(15)29)25(7-19(31)32)8-20(33)34/h1-6,11-12,21-22,29-30H,7-10H2,(H,31,32)(H,33,34). The average Bonchev–Trinajstić information content (AvgIpc) is 2.85. The number of anilines is 2. The van der Waals surface area contributed by atoms with Gasteiger partial charge in [0.15, 0.2) is 25.0 Å². The zero-order chi connectivity index (χ0) is 28.0. The van der Waals surface area contributed by atoms with Crippen molar-refractivity contribution < 1.29 is 58.7 Å². The molecule has 1 aliphatic carbocycles. The van der Waals surface area contributed by atoms with Gasteiger partial charge in [0.2, 0.25) is 0 Å². The van der Waals surface area contributed by atoms with Gasteiger partial charge in [0.05, 0.1) is 0 Å². The molecule has 14 nitrogen and oxygen atoms in total. The largest absolute Gasteiger partial charge is 0.508 e. The quantitative estimate of drug-likeness (QED) is 0.146. The van der Waals surface area contributed by atoms with Gasteiger partial charge in [-0.25, -0.2) is 0 Å². The number of Topliss-reactive ketones (excluding diaryl/α,β-unsaturated/α-hetero) is 2. The van der Waals surface area contributed by atoms with Crippen molar-refractivity contribution in [1.29, 1.82) is 0 Å². The number of carbonyl (C=O) groups excluding carboxylic acids is 4. The second kappa shape index (κ2) is 11.7. The van der Waals surface area contributed by atoms with Gasteiger partial charge < -0.3 is 39.7 Å². The van der Waals surface area contributed by atoms with E-state index in [0.717, 1.165) is 11.0 Å². The third-order valence-electron chi connectivity index (χ3n) is 5.77. The number of ether oxygens (including phenoxy) is 2. The molecule has 0 spiro atoms. The maximum absolute atomic E-state index is 13.0. The van der Waals surface area contributed by atoms with Crippen molar-refractivity contribution in [3.8, 4) is 11.5 Å².